The Morgan fingerprint density at radius 2 is 1.86 bits per heavy atom. The first kappa shape index (κ1) is 27.0. The van der Waals surface area contributed by atoms with Crippen molar-refractivity contribution >= 4 is 27.5 Å². The van der Waals surface area contributed by atoms with E-state index in [1.54, 1.807) is 30.3 Å². The highest BCUT2D eigenvalue weighted by Gasteiger charge is 2.42. The van der Waals surface area contributed by atoms with Crippen LogP contribution in [0.25, 0.3) is 11.1 Å². The molecular weight excluding hydrogens is 536 g/mol. The van der Waals surface area contributed by atoms with E-state index in [0.29, 0.717) is 5.56 Å². The lowest BCUT2D eigenvalue weighted by atomic mass is 10.0. The van der Waals surface area contributed by atoms with E-state index in [-0.39, 0.29) is 46.2 Å². The Kier molecular flexibility index (Phi) is 7.31. The molecule has 1 unspecified atom stereocenters. The molecule has 1 aliphatic heterocycles. The highest BCUT2D eigenvalue weighted by atomic mass is 35.5. The van der Waals surface area contributed by atoms with Gasteiger partial charge >= 0.3 is 12.3 Å². The number of benzene rings is 2. The number of rotatable bonds is 5. The van der Waals surface area contributed by atoms with E-state index < -0.39 is 45.5 Å². The third-order valence-electron chi connectivity index (χ3n) is 6.34. The summed E-state index contributed by atoms with van der Waals surface area (Å²) in [5.41, 5.74) is -1.43. The van der Waals surface area contributed by atoms with Gasteiger partial charge in [-0.2, -0.15) is 13.2 Å². The fraction of sp³-hybridized carbons (Fsp3) is 0.320. The monoisotopic (exact) mass is 558 g/mol. The van der Waals surface area contributed by atoms with Crippen LogP contribution in [0.4, 0.5) is 22.4 Å². The zero-order valence-corrected chi connectivity index (χ0v) is 21.4. The van der Waals surface area contributed by atoms with Crippen LogP contribution < -0.4 is 4.74 Å². The summed E-state index contributed by atoms with van der Waals surface area (Å²) < 4.78 is 88.2. The molecule has 1 aliphatic rings. The van der Waals surface area contributed by atoms with Crippen molar-refractivity contribution < 1.29 is 35.5 Å². The molecule has 0 bridgehead atoms. The minimum absolute atomic E-state index is 0.0411. The Morgan fingerprint density at radius 3 is 2.43 bits per heavy atom. The van der Waals surface area contributed by atoms with Crippen molar-refractivity contribution in [3.05, 3.63) is 76.2 Å². The van der Waals surface area contributed by atoms with Crippen molar-refractivity contribution in [3.63, 3.8) is 0 Å². The number of hydrogen-bond donors (Lipinski definition) is 0. The number of hydrogen-bond acceptors (Lipinski definition) is 4. The number of nitrogens with zero attached hydrogens (tertiary/aromatic N) is 2. The summed E-state index contributed by atoms with van der Waals surface area (Å²) in [4.78, 5) is 14.2. The SMILES string of the molecule is Cc1c(-c2ccc(Cl)cc2F)c(OC(=O)N(C)C2CCS(=O)(=O)C2)n(Cc2ccccc2)c1C(F)(F)F. The van der Waals surface area contributed by atoms with Gasteiger partial charge in [0.1, 0.15) is 11.5 Å². The van der Waals surface area contributed by atoms with Gasteiger partial charge in [-0.25, -0.2) is 17.6 Å². The third-order valence-corrected chi connectivity index (χ3v) is 8.33. The molecule has 1 amide bonds. The van der Waals surface area contributed by atoms with E-state index in [0.717, 1.165) is 15.5 Å². The minimum atomic E-state index is -4.87. The van der Waals surface area contributed by atoms with Gasteiger partial charge in [-0.15, -0.1) is 0 Å². The normalized spacial score (nSPS) is 17.1. The van der Waals surface area contributed by atoms with E-state index in [2.05, 4.69) is 0 Å². The maximum absolute atomic E-state index is 15.0. The highest BCUT2D eigenvalue weighted by Crippen LogP contribution is 2.46. The molecule has 6 nitrogen and oxygen atoms in total. The van der Waals surface area contributed by atoms with Gasteiger partial charge in [-0.3, -0.25) is 0 Å². The number of aromatic nitrogens is 1. The molecule has 198 valence electrons. The molecule has 0 spiro atoms. The molecule has 4 rings (SSSR count). The molecule has 2 heterocycles. The lowest BCUT2D eigenvalue weighted by molar-refractivity contribution is -0.144. The smallest absolute Gasteiger partial charge is 0.392 e. The van der Waals surface area contributed by atoms with Crippen molar-refractivity contribution in [3.8, 4) is 17.0 Å². The Balaban J connectivity index is 1.89. The minimum Gasteiger partial charge on any atom is -0.392 e. The van der Waals surface area contributed by atoms with Crippen LogP contribution in [-0.2, 0) is 22.6 Å². The fourth-order valence-electron chi connectivity index (χ4n) is 4.50. The van der Waals surface area contributed by atoms with Gasteiger partial charge in [-0.1, -0.05) is 41.9 Å². The summed E-state index contributed by atoms with van der Waals surface area (Å²) in [6.07, 6.45) is -5.75. The zero-order chi connectivity index (χ0) is 27.1. The molecule has 1 fully saturated rings. The van der Waals surface area contributed by atoms with Gasteiger partial charge in [0, 0.05) is 23.7 Å². The van der Waals surface area contributed by atoms with Gasteiger partial charge in [0.2, 0.25) is 5.88 Å². The van der Waals surface area contributed by atoms with Crippen molar-refractivity contribution in [1.82, 2.24) is 9.47 Å². The second kappa shape index (κ2) is 10.0. The van der Waals surface area contributed by atoms with Gasteiger partial charge in [0.05, 0.1) is 23.6 Å². The summed E-state index contributed by atoms with van der Waals surface area (Å²) in [6, 6.07) is 11.0. The average Bonchev–Trinajstić information content (AvgIpc) is 3.30. The molecule has 12 heteroatoms. The van der Waals surface area contributed by atoms with Crippen molar-refractivity contribution in [2.45, 2.75) is 32.1 Å². The van der Waals surface area contributed by atoms with Crippen LogP contribution in [0.15, 0.2) is 48.5 Å². The van der Waals surface area contributed by atoms with Gasteiger partial charge < -0.3 is 14.2 Å². The summed E-state index contributed by atoms with van der Waals surface area (Å²) in [5.74, 6) is -1.80. The molecule has 1 atom stereocenters. The maximum Gasteiger partial charge on any atom is 0.431 e. The van der Waals surface area contributed by atoms with E-state index in [1.807, 2.05) is 0 Å². The van der Waals surface area contributed by atoms with Crippen molar-refractivity contribution in [1.29, 1.82) is 0 Å². The zero-order valence-electron chi connectivity index (χ0n) is 19.9. The number of amides is 1. The molecule has 1 aromatic heterocycles. The summed E-state index contributed by atoms with van der Waals surface area (Å²) in [7, 11) is -2.03. The third kappa shape index (κ3) is 5.62. The van der Waals surface area contributed by atoms with E-state index >= 15 is 0 Å². The molecule has 3 aromatic rings. The Hall–Kier alpha value is -3.05. The molecular formula is C25H23ClF4N2O4S. The van der Waals surface area contributed by atoms with Crippen LogP contribution in [0.2, 0.25) is 5.02 Å². The maximum atomic E-state index is 15.0. The van der Waals surface area contributed by atoms with Crippen LogP contribution in [0.1, 0.15) is 23.2 Å². The number of sulfone groups is 1. The topological polar surface area (TPSA) is 68.6 Å². The molecule has 37 heavy (non-hydrogen) atoms. The van der Waals surface area contributed by atoms with Crippen LogP contribution in [0.3, 0.4) is 0 Å². The van der Waals surface area contributed by atoms with Gasteiger partial charge in [-0.05, 0) is 42.7 Å². The second-order valence-corrected chi connectivity index (χ2v) is 11.5. The van der Waals surface area contributed by atoms with Crippen LogP contribution in [-0.4, -0.2) is 48.6 Å². The van der Waals surface area contributed by atoms with Crippen molar-refractivity contribution in [2.24, 2.45) is 0 Å². The number of alkyl halides is 3. The van der Waals surface area contributed by atoms with Crippen LogP contribution in [0, 0.1) is 12.7 Å². The lowest BCUT2D eigenvalue weighted by Crippen LogP contribution is -2.40. The quantitative estimate of drug-likeness (QED) is 0.363. The van der Waals surface area contributed by atoms with Gasteiger partial charge in [0.15, 0.2) is 9.84 Å². The molecule has 0 radical (unpaired) electrons. The Bertz CT molecular complexity index is 1440. The summed E-state index contributed by atoms with van der Waals surface area (Å²) in [6.45, 7) is 0.855. The number of halogens is 5. The second-order valence-electron chi connectivity index (χ2n) is 8.88. The average molecular weight is 559 g/mol. The Morgan fingerprint density at radius 1 is 1.19 bits per heavy atom. The summed E-state index contributed by atoms with van der Waals surface area (Å²) >= 11 is 5.86. The fourth-order valence-corrected chi connectivity index (χ4v) is 6.43. The summed E-state index contributed by atoms with van der Waals surface area (Å²) in [5, 5.41) is 0.0411. The van der Waals surface area contributed by atoms with Crippen molar-refractivity contribution in [2.75, 3.05) is 18.6 Å². The molecule has 2 aromatic carbocycles. The largest absolute Gasteiger partial charge is 0.431 e. The molecule has 0 saturated carbocycles. The van der Waals surface area contributed by atoms with E-state index in [1.165, 1.54) is 26.1 Å². The number of ether oxygens (including phenoxy) is 1. The van der Waals surface area contributed by atoms with Crippen LogP contribution in [0.5, 0.6) is 5.88 Å². The predicted octanol–water partition coefficient (Wildman–Crippen LogP) is 5.94. The predicted molar refractivity (Wildman–Crippen MR) is 131 cm³/mol. The standard InChI is InChI=1S/C25H23ClF4N2O4S/c1-15-21(19-9-8-17(26)12-20(19)27)23(36-24(33)31(2)18-10-11-37(34,35)14-18)32(22(15)25(28,29)30)13-16-6-4-3-5-7-16/h3-9,12,18H,10-11,13-14H2,1-2H3. The molecule has 0 aliphatic carbocycles. The first-order chi connectivity index (χ1) is 17.3. The Labute approximate surface area is 216 Å². The first-order valence-corrected chi connectivity index (χ1v) is 13.4. The molecule has 1 saturated heterocycles. The number of carbonyl (C=O) groups excluding carboxylic acids is 1. The van der Waals surface area contributed by atoms with Crippen LogP contribution >= 0.6 is 11.6 Å². The molecule has 0 N–H and O–H groups in total. The van der Waals surface area contributed by atoms with E-state index in [4.69, 9.17) is 16.3 Å². The first-order valence-electron chi connectivity index (χ1n) is 11.2. The number of carbonyl (C=O) groups is 1. The van der Waals surface area contributed by atoms with Gasteiger partial charge in [0.25, 0.3) is 0 Å². The van der Waals surface area contributed by atoms with E-state index in [9.17, 15) is 30.8 Å². The highest BCUT2D eigenvalue weighted by molar-refractivity contribution is 7.91. The lowest BCUT2D eigenvalue weighted by Gasteiger charge is -2.24.